The summed E-state index contributed by atoms with van der Waals surface area (Å²) in [5, 5.41) is 4.86. The van der Waals surface area contributed by atoms with E-state index in [1.807, 2.05) is 0 Å². The van der Waals surface area contributed by atoms with Crippen molar-refractivity contribution in [1.82, 2.24) is 15.0 Å². The molecular formula is C23H26FN6O9P. The summed E-state index contributed by atoms with van der Waals surface area (Å²) in [7, 11) is -14.8. The van der Waals surface area contributed by atoms with Gasteiger partial charge < -0.3 is 39.4 Å². The van der Waals surface area contributed by atoms with Crippen molar-refractivity contribution in [3.05, 3.63) is 36.2 Å². The van der Waals surface area contributed by atoms with Crippen LogP contribution in [0.15, 0.2) is 30.4 Å². The Morgan fingerprint density at radius 3 is 2.50 bits per heavy atom. The molecule has 4 N–H and O–H groups in total. The molecule has 40 heavy (non-hydrogen) atoms. The summed E-state index contributed by atoms with van der Waals surface area (Å²) in [4.78, 5) is 43.7. The Balaban J connectivity index is 1.76. The SMILES string of the molecule is [2H]c1c(Nc2nc(Nc3cc(OC([2H])([2H])[2H])c(OC([2H])([2H])[2H])c(OC([2H])([2H])[2H])c3)ncc2F)nc2c(c1[2H])OC(C)(C)C(=O)N2COP(=O)(O)O. The van der Waals surface area contributed by atoms with E-state index >= 15 is 0 Å². The molecule has 0 radical (unpaired) electrons. The first-order chi connectivity index (χ1) is 23.1. The van der Waals surface area contributed by atoms with E-state index in [-0.39, 0.29) is 5.69 Å². The maximum absolute atomic E-state index is 15.0. The molecule has 1 amide bonds. The second kappa shape index (κ2) is 11.1. The number of nitrogens with one attached hydrogen (secondary N) is 2. The number of rotatable bonds is 10. The van der Waals surface area contributed by atoms with Gasteiger partial charge in [0.1, 0.15) is 12.5 Å². The van der Waals surface area contributed by atoms with Crippen LogP contribution in [0.4, 0.5) is 33.5 Å². The number of halogens is 1. The van der Waals surface area contributed by atoms with Crippen LogP contribution in [-0.4, -0.2) is 64.1 Å². The zero-order valence-electron chi connectivity index (χ0n) is 31.3. The van der Waals surface area contributed by atoms with E-state index in [1.54, 1.807) is 0 Å². The summed E-state index contributed by atoms with van der Waals surface area (Å²) in [5.74, 6) is -7.38. The van der Waals surface area contributed by atoms with Crippen molar-refractivity contribution >= 4 is 42.8 Å². The Morgan fingerprint density at radius 2 is 1.85 bits per heavy atom. The third-order valence-corrected chi connectivity index (χ3v) is 5.47. The van der Waals surface area contributed by atoms with Gasteiger partial charge in [-0.1, -0.05) is 0 Å². The molecule has 0 aliphatic carbocycles. The molecule has 3 aromatic rings. The Kier molecular flexibility index (Phi) is 4.84. The molecule has 0 bridgehead atoms. The third-order valence-electron chi connectivity index (χ3n) is 5.02. The Bertz CT molecular complexity index is 1860. The van der Waals surface area contributed by atoms with E-state index in [9.17, 15) is 23.5 Å². The van der Waals surface area contributed by atoms with Crippen molar-refractivity contribution in [2.24, 2.45) is 0 Å². The van der Waals surface area contributed by atoms with Crippen LogP contribution < -0.4 is 34.5 Å². The number of benzene rings is 1. The normalized spacial score (nSPS) is 19.2. The fraction of sp³-hybridized carbons (Fsp3) is 0.304. The summed E-state index contributed by atoms with van der Waals surface area (Å²) in [6.45, 7) is 1.51. The number of carbonyl (C=O) groups excluding carboxylic acids is 1. The van der Waals surface area contributed by atoms with Crippen LogP contribution in [-0.2, 0) is 13.9 Å². The molecule has 1 aliphatic heterocycles. The molecule has 4 rings (SSSR count). The number of anilines is 5. The number of hydrogen-bond donors (Lipinski definition) is 4. The van der Waals surface area contributed by atoms with E-state index in [1.165, 1.54) is 13.8 Å². The monoisotopic (exact) mass is 591 g/mol. The van der Waals surface area contributed by atoms with Crippen LogP contribution in [0.3, 0.4) is 0 Å². The lowest BCUT2D eigenvalue weighted by atomic mass is 10.1. The number of phosphoric ester groups is 1. The summed E-state index contributed by atoms with van der Waals surface area (Å²) in [6, 6.07) is 0.349. The molecule has 214 valence electrons. The number of aromatic nitrogens is 3. The number of nitrogens with zero attached hydrogens (tertiary/aromatic N) is 4. The number of pyridine rings is 1. The molecule has 0 spiro atoms. The topological polar surface area (TPSA) is 187 Å². The van der Waals surface area contributed by atoms with Crippen molar-refractivity contribution in [3.63, 3.8) is 0 Å². The van der Waals surface area contributed by atoms with Gasteiger partial charge in [-0.25, -0.2) is 18.9 Å². The van der Waals surface area contributed by atoms with Gasteiger partial charge in [-0.15, -0.1) is 0 Å². The Morgan fingerprint density at radius 1 is 1.15 bits per heavy atom. The minimum Gasteiger partial charge on any atom is -0.493 e. The van der Waals surface area contributed by atoms with Crippen LogP contribution in [0.2, 0.25) is 0 Å². The molecule has 3 heterocycles. The molecule has 15 nitrogen and oxygen atoms in total. The second-order valence-corrected chi connectivity index (χ2v) is 9.44. The molecule has 17 heteroatoms. The van der Waals surface area contributed by atoms with Gasteiger partial charge in [0.25, 0.3) is 5.91 Å². The lowest BCUT2D eigenvalue weighted by Crippen LogP contribution is -2.53. The highest BCUT2D eigenvalue weighted by Crippen LogP contribution is 2.42. The maximum Gasteiger partial charge on any atom is 0.471 e. The van der Waals surface area contributed by atoms with Crippen LogP contribution in [0, 0.1) is 5.82 Å². The molecule has 1 aromatic carbocycles. The predicted octanol–water partition coefficient (Wildman–Crippen LogP) is 3.09. The van der Waals surface area contributed by atoms with Gasteiger partial charge in [0.2, 0.25) is 11.7 Å². The van der Waals surface area contributed by atoms with Crippen LogP contribution in [0.5, 0.6) is 23.0 Å². The highest BCUT2D eigenvalue weighted by molar-refractivity contribution is 7.46. The van der Waals surface area contributed by atoms with Gasteiger partial charge >= 0.3 is 7.82 Å². The van der Waals surface area contributed by atoms with Crippen molar-refractivity contribution in [2.75, 3.05) is 43.4 Å². The average molecular weight is 592 g/mol. The lowest BCUT2D eigenvalue weighted by Gasteiger charge is -2.37. The van der Waals surface area contributed by atoms with Crippen LogP contribution >= 0.6 is 7.82 Å². The number of amides is 1. The first-order valence-electron chi connectivity index (χ1n) is 16.2. The van der Waals surface area contributed by atoms with E-state index in [0.717, 1.165) is 12.1 Å². The highest BCUT2D eigenvalue weighted by atomic mass is 31.2. The minimum atomic E-state index is -5.12. The first kappa shape index (κ1) is 17.5. The number of ether oxygens (including phenoxy) is 4. The second-order valence-electron chi connectivity index (χ2n) is 8.21. The van der Waals surface area contributed by atoms with E-state index < -0.39 is 111 Å². The van der Waals surface area contributed by atoms with E-state index in [4.69, 9.17) is 34.0 Å². The van der Waals surface area contributed by atoms with Gasteiger partial charge in [0, 0.05) is 17.8 Å². The molecule has 2 aromatic heterocycles. The quantitative estimate of drug-likeness (QED) is 0.252. The Hall–Kier alpha value is -4.24. The van der Waals surface area contributed by atoms with Gasteiger partial charge in [-0.3, -0.25) is 14.2 Å². The predicted molar refractivity (Wildman–Crippen MR) is 139 cm³/mol. The van der Waals surface area contributed by atoms with Gasteiger partial charge in [0.05, 0.1) is 42.4 Å². The number of carbonyl (C=O) groups is 1. The van der Waals surface area contributed by atoms with E-state index in [2.05, 4.69) is 30.1 Å². The fourth-order valence-corrected chi connectivity index (χ4v) is 3.57. The van der Waals surface area contributed by atoms with Crippen molar-refractivity contribution in [1.29, 1.82) is 0 Å². The van der Waals surface area contributed by atoms with Crippen molar-refractivity contribution in [2.45, 2.75) is 19.4 Å². The van der Waals surface area contributed by atoms with Gasteiger partial charge in [-0.05, 0) is 25.9 Å². The van der Waals surface area contributed by atoms with Crippen molar-refractivity contribution < 1.29 is 62.1 Å². The minimum absolute atomic E-state index is 0.288. The number of phosphoric acid groups is 1. The lowest BCUT2D eigenvalue weighted by molar-refractivity contribution is -0.133. The number of methoxy groups -OCH3 is 3. The summed E-state index contributed by atoms with van der Waals surface area (Å²) < 4.78 is 135. The average Bonchev–Trinajstić information content (AvgIpc) is 2.93. The fourth-order valence-electron chi connectivity index (χ4n) is 3.30. The molecular weight excluding hydrogens is 554 g/mol. The summed E-state index contributed by atoms with van der Waals surface area (Å²) in [6.07, 6.45) is 0.614. The van der Waals surface area contributed by atoms with Crippen LogP contribution in [0.25, 0.3) is 0 Å². The zero-order valence-corrected chi connectivity index (χ0v) is 21.2. The van der Waals surface area contributed by atoms with Crippen molar-refractivity contribution in [3.8, 4) is 23.0 Å². The molecule has 0 saturated carbocycles. The molecule has 0 saturated heterocycles. The molecule has 0 unspecified atom stereocenters. The smallest absolute Gasteiger partial charge is 0.471 e. The van der Waals surface area contributed by atoms with Gasteiger partial charge in [0.15, 0.2) is 40.3 Å². The number of fused-ring (bicyclic) bond motifs is 1. The largest absolute Gasteiger partial charge is 0.493 e. The summed E-state index contributed by atoms with van der Waals surface area (Å²) in [5.41, 5.74) is -1.98. The molecule has 0 atom stereocenters. The molecule has 0 fully saturated rings. The zero-order chi connectivity index (χ0) is 38.5. The Labute approximate surface area is 242 Å². The number of hydrogen-bond acceptors (Lipinski definition) is 12. The molecule has 1 aliphatic rings. The van der Waals surface area contributed by atoms with E-state index in [0.29, 0.717) is 11.1 Å². The maximum atomic E-state index is 15.0. The third kappa shape index (κ3) is 6.15. The standard InChI is InChI=1S/C23H26FN6O9P/c1-23(2)21(31)30(11-38-40(32,33)34)20-14(39-23)6-7-17(28-20)27-19-13(24)10-25-22(29-19)26-12-8-15(35-3)18(37-5)16(9-12)36-4/h6-10H,11H2,1-5H3,(H2,32,33,34)(H2,25,26,27,28,29)/i3D3,4D3,5D3,6D,7D. The summed E-state index contributed by atoms with van der Waals surface area (Å²) >= 11 is 0. The highest BCUT2D eigenvalue weighted by Gasteiger charge is 2.42. The van der Waals surface area contributed by atoms with Gasteiger partial charge in [-0.2, -0.15) is 4.98 Å². The van der Waals surface area contributed by atoms with Crippen LogP contribution in [0.1, 0.15) is 28.9 Å². The first-order valence-corrected chi connectivity index (χ1v) is 12.2.